The van der Waals surface area contributed by atoms with Gasteiger partial charge in [0.1, 0.15) is 5.60 Å². The Kier molecular flexibility index (Phi) is 3.76. The molecule has 3 rings (SSSR count). The van der Waals surface area contributed by atoms with E-state index in [1.807, 2.05) is 37.8 Å². The van der Waals surface area contributed by atoms with Crippen LogP contribution in [-0.4, -0.2) is 17.7 Å². The van der Waals surface area contributed by atoms with Crippen molar-refractivity contribution in [1.29, 1.82) is 0 Å². The van der Waals surface area contributed by atoms with Crippen LogP contribution in [-0.2, 0) is 11.2 Å². The highest BCUT2D eigenvalue weighted by Crippen LogP contribution is 2.45. The molecule has 114 valence electrons. The van der Waals surface area contributed by atoms with E-state index < -0.39 is 5.60 Å². The lowest BCUT2D eigenvalue weighted by Gasteiger charge is -2.38. The van der Waals surface area contributed by atoms with Crippen LogP contribution in [0.2, 0.25) is 0 Å². The summed E-state index contributed by atoms with van der Waals surface area (Å²) in [5.74, 6) is 0.637. The molecule has 1 atom stereocenters. The van der Waals surface area contributed by atoms with Gasteiger partial charge in [0.25, 0.3) is 0 Å². The van der Waals surface area contributed by atoms with Crippen LogP contribution in [0.1, 0.15) is 45.6 Å². The largest absolute Gasteiger partial charge is 0.443 e. The second kappa shape index (κ2) is 5.31. The molecule has 1 fully saturated rings. The number of benzene rings is 1. The van der Waals surface area contributed by atoms with E-state index in [1.54, 1.807) is 0 Å². The van der Waals surface area contributed by atoms with E-state index in [0.29, 0.717) is 5.92 Å². The molecule has 2 aliphatic rings. The third-order valence-electron chi connectivity index (χ3n) is 4.11. The predicted octanol–water partition coefficient (Wildman–Crippen LogP) is 4.92. The Balaban J connectivity index is 1.98. The number of hydrogen-bond acceptors (Lipinski definition) is 2. The summed E-state index contributed by atoms with van der Waals surface area (Å²) in [5, 5.41) is 0. The van der Waals surface area contributed by atoms with Gasteiger partial charge in [0.2, 0.25) is 0 Å². The maximum Gasteiger partial charge on any atom is 0.415 e. The monoisotopic (exact) mass is 351 g/mol. The van der Waals surface area contributed by atoms with E-state index in [4.69, 9.17) is 4.74 Å². The highest BCUT2D eigenvalue weighted by molar-refractivity contribution is 9.10. The molecular weight excluding hydrogens is 330 g/mol. The number of carbonyl (C=O) groups excluding carboxylic acids is 1. The van der Waals surface area contributed by atoms with E-state index in [-0.39, 0.29) is 12.1 Å². The van der Waals surface area contributed by atoms with Gasteiger partial charge in [0, 0.05) is 10.5 Å². The third-order valence-corrected chi connectivity index (χ3v) is 4.75. The molecule has 1 aliphatic carbocycles. The molecule has 3 nitrogen and oxygen atoms in total. The Morgan fingerprint density at radius 1 is 1.29 bits per heavy atom. The number of ether oxygens (including phenoxy) is 1. The van der Waals surface area contributed by atoms with Crippen molar-refractivity contribution < 1.29 is 9.53 Å². The number of aryl methyl sites for hydroxylation is 1. The molecule has 4 heteroatoms. The number of anilines is 1. The number of amides is 1. The first-order chi connectivity index (χ1) is 9.87. The van der Waals surface area contributed by atoms with Crippen LogP contribution in [0.5, 0.6) is 0 Å². The number of carbonyl (C=O) groups is 1. The molecular formula is C17H22BrNO2. The molecule has 0 aromatic heterocycles. The summed E-state index contributed by atoms with van der Waals surface area (Å²) >= 11 is 3.62. The number of rotatable bonds is 1. The third kappa shape index (κ3) is 3.10. The molecule has 0 bridgehead atoms. The molecule has 1 heterocycles. The fraction of sp³-hybridized carbons (Fsp3) is 0.588. The summed E-state index contributed by atoms with van der Waals surface area (Å²) in [6.45, 7) is 5.76. The second-order valence-electron chi connectivity index (χ2n) is 7.04. The molecule has 1 aliphatic heterocycles. The number of fused-ring (bicyclic) bond motifs is 1. The number of hydrogen-bond donors (Lipinski definition) is 0. The van der Waals surface area contributed by atoms with E-state index in [1.165, 1.54) is 18.4 Å². The van der Waals surface area contributed by atoms with Crippen LogP contribution in [0, 0.1) is 5.92 Å². The molecule has 21 heavy (non-hydrogen) atoms. The van der Waals surface area contributed by atoms with Crippen molar-refractivity contribution in [2.45, 2.75) is 58.1 Å². The molecule has 1 saturated carbocycles. The minimum atomic E-state index is -0.468. The molecule has 0 N–H and O–H groups in total. The van der Waals surface area contributed by atoms with Crippen LogP contribution >= 0.6 is 15.9 Å². The van der Waals surface area contributed by atoms with Gasteiger partial charge in [-0.2, -0.15) is 0 Å². The van der Waals surface area contributed by atoms with Gasteiger partial charge >= 0.3 is 6.09 Å². The minimum absolute atomic E-state index is 0.216. The maximum atomic E-state index is 12.8. The van der Waals surface area contributed by atoms with Gasteiger partial charge in [0.15, 0.2) is 0 Å². The Morgan fingerprint density at radius 2 is 2.00 bits per heavy atom. The number of nitrogens with zero attached hydrogens (tertiary/aromatic N) is 1. The van der Waals surface area contributed by atoms with Gasteiger partial charge in [-0.15, -0.1) is 0 Å². The molecule has 1 amide bonds. The van der Waals surface area contributed by atoms with Gasteiger partial charge in [-0.1, -0.05) is 12.1 Å². The molecule has 0 saturated heterocycles. The molecule has 0 spiro atoms. The zero-order chi connectivity index (χ0) is 15.2. The lowest BCUT2D eigenvalue weighted by Crippen LogP contribution is -2.47. The van der Waals surface area contributed by atoms with Crippen molar-refractivity contribution in [3.8, 4) is 0 Å². The highest BCUT2D eigenvalue weighted by atomic mass is 79.9. The molecule has 1 unspecified atom stereocenters. The first kappa shape index (κ1) is 14.9. The average Bonchev–Trinajstić information content (AvgIpc) is 3.20. The van der Waals surface area contributed by atoms with Crippen LogP contribution in [0.4, 0.5) is 10.5 Å². The molecule has 0 radical (unpaired) electrons. The smallest absolute Gasteiger partial charge is 0.415 e. The van der Waals surface area contributed by atoms with Crippen LogP contribution in [0.25, 0.3) is 0 Å². The predicted molar refractivity (Wildman–Crippen MR) is 87.7 cm³/mol. The van der Waals surface area contributed by atoms with E-state index in [0.717, 1.165) is 23.0 Å². The first-order valence-corrected chi connectivity index (χ1v) is 8.46. The lowest BCUT2D eigenvalue weighted by molar-refractivity contribution is 0.0555. The molecule has 1 aromatic rings. The van der Waals surface area contributed by atoms with Crippen molar-refractivity contribution in [3.05, 3.63) is 28.2 Å². The molecule has 1 aromatic carbocycles. The lowest BCUT2D eigenvalue weighted by atomic mass is 9.93. The Hall–Kier alpha value is -1.03. The van der Waals surface area contributed by atoms with Gasteiger partial charge in [0.05, 0.1) is 5.69 Å². The second-order valence-corrected chi connectivity index (χ2v) is 7.90. The zero-order valence-corrected chi connectivity index (χ0v) is 14.4. The SMILES string of the molecule is CC(C)(C)OC(=O)N1c2c(Br)cccc2CCC1C1CC1. The topological polar surface area (TPSA) is 29.5 Å². The fourth-order valence-corrected chi connectivity index (χ4v) is 3.69. The Morgan fingerprint density at radius 3 is 2.62 bits per heavy atom. The maximum absolute atomic E-state index is 12.8. The average molecular weight is 352 g/mol. The number of halogens is 1. The van der Waals surface area contributed by atoms with Gasteiger partial charge in [-0.3, -0.25) is 4.90 Å². The Labute approximate surface area is 134 Å². The number of para-hydroxylation sites is 1. The van der Waals surface area contributed by atoms with Crippen molar-refractivity contribution in [2.24, 2.45) is 5.92 Å². The van der Waals surface area contributed by atoms with Crippen LogP contribution in [0.3, 0.4) is 0 Å². The van der Waals surface area contributed by atoms with Crippen molar-refractivity contribution >= 4 is 27.7 Å². The van der Waals surface area contributed by atoms with Crippen molar-refractivity contribution in [3.63, 3.8) is 0 Å². The van der Waals surface area contributed by atoms with E-state index in [2.05, 4.69) is 22.0 Å². The zero-order valence-electron chi connectivity index (χ0n) is 12.9. The van der Waals surface area contributed by atoms with Gasteiger partial charge in [-0.25, -0.2) is 4.79 Å². The van der Waals surface area contributed by atoms with E-state index >= 15 is 0 Å². The van der Waals surface area contributed by atoms with Crippen molar-refractivity contribution in [2.75, 3.05) is 4.90 Å². The summed E-state index contributed by atoms with van der Waals surface area (Å²) in [7, 11) is 0. The van der Waals surface area contributed by atoms with Crippen LogP contribution in [0.15, 0.2) is 22.7 Å². The minimum Gasteiger partial charge on any atom is -0.443 e. The Bertz CT molecular complexity index is 560. The van der Waals surface area contributed by atoms with Crippen LogP contribution < -0.4 is 4.90 Å². The highest BCUT2D eigenvalue weighted by Gasteiger charge is 2.43. The van der Waals surface area contributed by atoms with Gasteiger partial charge in [-0.05, 0) is 79.9 Å². The summed E-state index contributed by atoms with van der Waals surface area (Å²) in [6.07, 6.45) is 4.31. The summed E-state index contributed by atoms with van der Waals surface area (Å²) in [4.78, 5) is 14.7. The van der Waals surface area contributed by atoms with Crippen molar-refractivity contribution in [1.82, 2.24) is 0 Å². The van der Waals surface area contributed by atoms with Gasteiger partial charge < -0.3 is 4.74 Å². The quantitative estimate of drug-likeness (QED) is 0.718. The summed E-state index contributed by atoms with van der Waals surface area (Å²) in [6, 6.07) is 6.44. The fourth-order valence-electron chi connectivity index (χ4n) is 3.10. The van der Waals surface area contributed by atoms with E-state index in [9.17, 15) is 4.79 Å². The normalized spacial score (nSPS) is 21.9. The standard InChI is InChI=1S/C17H22BrNO2/c1-17(2,3)21-16(20)19-14(11-7-8-11)10-9-12-5-4-6-13(18)15(12)19/h4-6,11,14H,7-10H2,1-3H3. The first-order valence-electron chi connectivity index (χ1n) is 7.66. The summed E-state index contributed by atoms with van der Waals surface area (Å²) < 4.78 is 6.65. The summed E-state index contributed by atoms with van der Waals surface area (Å²) in [5.41, 5.74) is 1.77.